The Morgan fingerprint density at radius 2 is 1.77 bits per heavy atom. The first-order valence-electron chi connectivity index (χ1n) is 8.39. The van der Waals surface area contributed by atoms with Gasteiger partial charge in [-0.3, -0.25) is 14.9 Å². The number of anilines is 1. The molecule has 0 unspecified atom stereocenters. The first-order valence-corrected chi connectivity index (χ1v) is 8.39. The highest BCUT2D eigenvalue weighted by atomic mass is 19.2. The number of nitro groups is 1. The number of halogens is 4. The van der Waals surface area contributed by atoms with E-state index in [0.29, 0.717) is 0 Å². The molecule has 0 radical (unpaired) electrons. The number of nitrogens with zero attached hydrogens (tertiary/aromatic N) is 1. The molecule has 1 N–H and O–H groups in total. The Kier molecular flexibility index (Phi) is 6.09. The number of methoxy groups -OCH3 is 1. The molecule has 1 amide bonds. The van der Waals surface area contributed by atoms with Crippen molar-refractivity contribution in [2.45, 2.75) is 6.61 Å². The first kappa shape index (κ1) is 21.6. The number of ether oxygens (including phenoxy) is 2. The smallest absolute Gasteiger partial charge is 0.291 e. The molecule has 0 saturated carbocycles. The maximum absolute atomic E-state index is 13.6. The van der Waals surface area contributed by atoms with Gasteiger partial charge in [0.15, 0.2) is 23.1 Å². The van der Waals surface area contributed by atoms with Crippen molar-refractivity contribution in [1.82, 2.24) is 0 Å². The lowest BCUT2D eigenvalue weighted by Crippen LogP contribution is -2.12. The van der Waals surface area contributed by atoms with Crippen LogP contribution in [0.1, 0.15) is 16.3 Å². The fourth-order valence-corrected chi connectivity index (χ4v) is 2.48. The first-order chi connectivity index (χ1) is 14.7. The van der Waals surface area contributed by atoms with E-state index >= 15 is 0 Å². The van der Waals surface area contributed by atoms with E-state index in [0.717, 1.165) is 12.1 Å². The van der Waals surface area contributed by atoms with Crippen molar-refractivity contribution in [1.29, 1.82) is 0 Å². The van der Waals surface area contributed by atoms with Crippen molar-refractivity contribution in [2.75, 3.05) is 12.4 Å². The summed E-state index contributed by atoms with van der Waals surface area (Å²) in [7, 11) is 1.25. The number of hydrogen-bond donors (Lipinski definition) is 1. The fourth-order valence-electron chi connectivity index (χ4n) is 2.48. The molecule has 3 aromatic rings. The zero-order chi connectivity index (χ0) is 22.7. The highest BCUT2D eigenvalue weighted by molar-refractivity contribution is 6.03. The van der Waals surface area contributed by atoms with Crippen LogP contribution in [0.25, 0.3) is 0 Å². The van der Waals surface area contributed by atoms with Crippen molar-refractivity contribution in [2.24, 2.45) is 0 Å². The van der Waals surface area contributed by atoms with E-state index in [2.05, 4.69) is 5.32 Å². The van der Waals surface area contributed by atoms with Crippen LogP contribution in [-0.4, -0.2) is 17.9 Å². The normalized spacial score (nSPS) is 10.6. The van der Waals surface area contributed by atoms with E-state index in [1.807, 2.05) is 0 Å². The predicted molar refractivity (Wildman–Crippen MR) is 96.9 cm³/mol. The Labute approximate surface area is 171 Å². The van der Waals surface area contributed by atoms with Gasteiger partial charge in [0, 0.05) is 12.1 Å². The maximum Gasteiger partial charge on any atom is 0.291 e. The predicted octanol–water partition coefficient (Wildman–Crippen LogP) is 4.58. The Bertz CT molecular complexity index is 1140. The van der Waals surface area contributed by atoms with Crippen LogP contribution in [0.4, 0.5) is 28.9 Å². The second-order valence-corrected chi connectivity index (χ2v) is 5.95. The van der Waals surface area contributed by atoms with E-state index in [9.17, 15) is 32.5 Å². The lowest BCUT2D eigenvalue weighted by Gasteiger charge is -2.09. The monoisotopic (exact) mass is 440 g/mol. The molecule has 12 heteroatoms. The number of benzene rings is 2. The lowest BCUT2D eigenvalue weighted by atomic mass is 10.2. The van der Waals surface area contributed by atoms with Crippen LogP contribution in [0.2, 0.25) is 0 Å². The van der Waals surface area contributed by atoms with E-state index in [1.54, 1.807) is 0 Å². The van der Waals surface area contributed by atoms with Gasteiger partial charge in [-0.25, -0.2) is 8.78 Å². The molecular weight excluding hydrogens is 428 g/mol. The van der Waals surface area contributed by atoms with Gasteiger partial charge in [0.2, 0.25) is 11.6 Å². The van der Waals surface area contributed by atoms with E-state index in [4.69, 9.17) is 13.9 Å². The standard InChI is InChI=1S/C19H12F4N2O6/c1-29-15-6-9(25(27)28)2-4-13(15)24-19(26)14-5-3-10(31-14)8-30-18-16(22)11(20)7-12(21)17(18)23/h2-7H,8H2,1H3,(H,24,26). The molecule has 162 valence electrons. The van der Waals surface area contributed by atoms with Crippen LogP contribution >= 0.6 is 0 Å². The quantitative estimate of drug-likeness (QED) is 0.250. The number of carbonyl (C=O) groups is 1. The van der Waals surface area contributed by atoms with Crippen molar-refractivity contribution < 1.29 is 41.2 Å². The van der Waals surface area contributed by atoms with Crippen LogP contribution in [-0.2, 0) is 6.61 Å². The van der Waals surface area contributed by atoms with Crippen LogP contribution in [0, 0.1) is 33.4 Å². The average molecular weight is 440 g/mol. The van der Waals surface area contributed by atoms with Crippen LogP contribution in [0.15, 0.2) is 40.8 Å². The summed E-state index contributed by atoms with van der Waals surface area (Å²) >= 11 is 0. The number of nitrogens with one attached hydrogen (secondary N) is 1. The highest BCUT2D eigenvalue weighted by Gasteiger charge is 2.22. The van der Waals surface area contributed by atoms with Gasteiger partial charge in [-0.05, 0) is 18.2 Å². The molecule has 0 fully saturated rings. The van der Waals surface area contributed by atoms with Gasteiger partial charge in [0.1, 0.15) is 18.1 Å². The number of rotatable bonds is 7. The topological polar surface area (TPSA) is 104 Å². The molecule has 1 heterocycles. The molecule has 0 aliphatic heterocycles. The minimum Gasteiger partial charge on any atom is -0.494 e. The summed E-state index contributed by atoms with van der Waals surface area (Å²) in [6.45, 7) is -0.634. The largest absolute Gasteiger partial charge is 0.494 e. The summed E-state index contributed by atoms with van der Waals surface area (Å²) in [5, 5.41) is 13.2. The minimum atomic E-state index is -1.71. The summed E-state index contributed by atoms with van der Waals surface area (Å²) in [5.41, 5.74) is -0.132. The van der Waals surface area contributed by atoms with Crippen molar-refractivity contribution in [3.8, 4) is 11.5 Å². The van der Waals surface area contributed by atoms with E-state index in [1.165, 1.54) is 25.3 Å². The Hall–Kier alpha value is -4.09. The van der Waals surface area contributed by atoms with E-state index in [-0.39, 0.29) is 34.7 Å². The average Bonchev–Trinajstić information content (AvgIpc) is 3.21. The van der Waals surface area contributed by atoms with Gasteiger partial charge in [0.25, 0.3) is 11.6 Å². The summed E-state index contributed by atoms with van der Waals surface area (Å²) < 4.78 is 68.6. The molecule has 0 aliphatic rings. The van der Waals surface area contributed by atoms with Gasteiger partial charge in [-0.15, -0.1) is 0 Å². The van der Waals surface area contributed by atoms with Crippen LogP contribution < -0.4 is 14.8 Å². The van der Waals surface area contributed by atoms with Crippen LogP contribution in [0.5, 0.6) is 11.5 Å². The molecule has 0 bridgehead atoms. The number of amides is 1. The lowest BCUT2D eigenvalue weighted by molar-refractivity contribution is -0.384. The summed E-state index contributed by atoms with van der Waals surface area (Å²) in [6, 6.07) is 6.02. The second-order valence-electron chi connectivity index (χ2n) is 5.95. The SMILES string of the molecule is COc1cc([N+](=O)[O-])ccc1NC(=O)c1ccc(COc2c(F)c(F)cc(F)c2F)o1. The molecule has 0 spiro atoms. The Morgan fingerprint density at radius 3 is 2.39 bits per heavy atom. The number of non-ortho nitro benzene ring substituents is 1. The zero-order valence-corrected chi connectivity index (χ0v) is 15.6. The number of furan rings is 1. The summed E-state index contributed by atoms with van der Waals surface area (Å²) in [4.78, 5) is 22.5. The van der Waals surface area contributed by atoms with Gasteiger partial charge in [-0.1, -0.05) is 0 Å². The van der Waals surface area contributed by atoms with Gasteiger partial charge < -0.3 is 19.2 Å². The van der Waals surface area contributed by atoms with Gasteiger partial charge in [0.05, 0.1) is 23.8 Å². The third-order valence-corrected chi connectivity index (χ3v) is 3.96. The highest BCUT2D eigenvalue weighted by Crippen LogP contribution is 2.30. The molecule has 31 heavy (non-hydrogen) atoms. The van der Waals surface area contributed by atoms with E-state index < -0.39 is 46.5 Å². The molecule has 2 aromatic carbocycles. The number of carbonyl (C=O) groups excluding carboxylic acids is 1. The fraction of sp³-hybridized carbons (Fsp3) is 0.105. The third kappa shape index (κ3) is 4.57. The van der Waals surface area contributed by atoms with Gasteiger partial charge in [-0.2, -0.15) is 8.78 Å². The molecule has 0 saturated heterocycles. The number of hydrogen-bond acceptors (Lipinski definition) is 6. The molecule has 1 aromatic heterocycles. The van der Waals surface area contributed by atoms with Gasteiger partial charge >= 0.3 is 0 Å². The second kappa shape index (κ2) is 8.73. The van der Waals surface area contributed by atoms with Crippen molar-refractivity contribution in [3.63, 3.8) is 0 Å². The number of nitro benzene ring substituents is 1. The third-order valence-electron chi connectivity index (χ3n) is 3.96. The Morgan fingerprint density at radius 1 is 1.10 bits per heavy atom. The maximum atomic E-state index is 13.6. The summed E-state index contributed by atoms with van der Waals surface area (Å²) in [6.07, 6.45) is 0. The van der Waals surface area contributed by atoms with Crippen molar-refractivity contribution >= 4 is 17.3 Å². The molecule has 8 nitrogen and oxygen atoms in total. The molecular formula is C19H12F4N2O6. The minimum absolute atomic E-state index is 0.0248. The Balaban J connectivity index is 1.72. The zero-order valence-electron chi connectivity index (χ0n) is 15.6. The van der Waals surface area contributed by atoms with Crippen molar-refractivity contribution in [3.05, 3.63) is 81.3 Å². The molecule has 3 rings (SSSR count). The summed E-state index contributed by atoms with van der Waals surface area (Å²) in [5.74, 6) is -9.03. The van der Waals surface area contributed by atoms with Crippen LogP contribution in [0.3, 0.4) is 0 Å². The molecule has 0 aliphatic carbocycles. The molecule has 0 atom stereocenters.